The number of rotatable bonds is 1. The highest BCUT2D eigenvalue weighted by atomic mass is 19.1. The molecule has 21 heavy (non-hydrogen) atoms. The summed E-state index contributed by atoms with van der Waals surface area (Å²) >= 11 is 0. The van der Waals surface area contributed by atoms with E-state index in [1.165, 1.54) is 29.8 Å². The fraction of sp³-hybridized carbons (Fsp3) is 0.333. The zero-order chi connectivity index (χ0) is 14.2. The van der Waals surface area contributed by atoms with Gasteiger partial charge in [0.25, 0.3) is 0 Å². The van der Waals surface area contributed by atoms with Crippen molar-refractivity contribution in [3.05, 3.63) is 59.9 Å². The molecular weight excluding hydrogens is 263 g/mol. The molecule has 2 heterocycles. The summed E-state index contributed by atoms with van der Waals surface area (Å²) in [4.78, 5) is 2.54. The van der Waals surface area contributed by atoms with Gasteiger partial charge in [0, 0.05) is 12.6 Å². The van der Waals surface area contributed by atoms with Crippen molar-refractivity contribution in [3.63, 3.8) is 0 Å². The number of halogens is 1. The quantitative estimate of drug-likeness (QED) is 0.836. The molecule has 2 atom stereocenters. The predicted molar refractivity (Wildman–Crippen MR) is 84.2 cm³/mol. The number of hydrogen-bond acceptors (Lipinski definition) is 2. The fourth-order valence-corrected chi connectivity index (χ4v) is 3.73. The molecule has 0 amide bonds. The third-order valence-corrected chi connectivity index (χ3v) is 4.71. The first-order valence-electron chi connectivity index (χ1n) is 7.69. The van der Waals surface area contributed by atoms with Crippen molar-refractivity contribution >= 4 is 11.4 Å². The van der Waals surface area contributed by atoms with Gasteiger partial charge in [-0.1, -0.05) is 24.3 Å². The van der Waals surface area contributed by atoms with Crippen molar-refractivity contribution < 1.29 is 4.39 Å². The standard InChI is InChI=1S/C18H19FN2/c19-14-10-8-13(9-11-14)17-7-3-4-15-12-20-16-5-1-2-6-18(16)21(15)17/h1-2,5-6,8-11,15,17,20H,3-4,7,12H2/t15-,17+/m1/s1. The van der Waals surface area contributed by atoms with Gasteiger partial charge in [0.2, 0.25) is 0 Å². The van der Waals surface area contributed by atoms with Gasteiger partial charge < -0.3 is 10.2 Å². The molecular formula is C18H19FN2. The lowest BCUT2D eigenvalue weighted by atomic mass is 9.88. The summed E-state index contributed by atoms with van der Waals surface area (Å²) in [5.41, 5.74) is 3.71. The van der Waals surface area contributed by atoms with Crippen molar-refractivity contribution in [3.8, 4) is 0 Å². The van der Waals surface area contributed by atoms with Crippen LogP contribution in [0.15, 0.2) is 48.5 Å². The van der Waals surface area contributed by atoms with Gasteiger partial charge in [-0.15, -0.1) is 0 Å². The van der Waals surface area contributed by atoms with E-state index in [0.29, 0.717) is 12.1 Å². The van der Waals surface area contributed by atoms with E-state index in [2.05, 4.69) is 34.5 Å². The van der Waals surface area contributed by atoms with E-state index in [-0.39, 0.29) is 5.82 Å². The molecule has 1 saturated heterocycles. The van der Waals surface area contributed by atoms with Crippen molar-refractivity contribution in [2.45, 2.75) is 31.3 Å². The Balaban J connectivity index is 1.76. The number of nitrogens with one attached hydrogen (secondary N) is 1. The Bertz CT molecular complexity index is 638. The molecule has 0 aliphatic carbocycles. The molecule has 0 aromatic heterocycles. The Morgan fingerprint density at radius 1 is 1.00 bits per heavy atom. The van der Waals surface area contributed by atoms with Crippen LogP contribution in [0.3, 0.4) is 0 Å². The number of piperidine rings is 1. The molecule has 1 fully saturated rings. The van der Waals surface area contributed by atoms with Crippen LogP contribution in [-0.2, 0) is 0 Å². The Labute approximate surface area is 124 Å². The Morgan fingerprint density at radius 3 is 2.67 bits per heavy atom. The molecule has 0 spiro atoms. The third-order valence-electron chi connectivity index (χ3n) is 4.71. The molecule has 0 saturated carbocycles. The van der Waals surface area contributed by atoms with E-state index < -0.39 is 0 Å². The van der Waals surface area contributed by atoms with Gasteiger partial charge in [-0.25, -0.2) is 4.39 Å². The average Bonchev–Trinajstić information content (AvgIpc) is 2.55. The molecule has 3 heteroatoms. The van der Waals surface area contributed by atoms with E-state index in [4.69, 9.17) is 0 Å². The van der Waals surface area contributed by atoms with Gasteiger partial charge in [0.1, 0.15) is 5.82 Å². The molecule has 2 aromatic carbocycles. The average molecular weight is 282 g/mol. The fourth-order valence-electron chi connectivity index (χ4n) is 3.73. The first kappa shape index (κ1) is 12.7. The minimum absolute atomic E-state index is 0.160. The third kappa shape index (κ3) is 2.17. The lowest BCUT2D eigenvalue weighted by Crippen LogP contribution is -2.48. The first-order chi connectivity index (χ1) is 10.3. The maximum Gasteiger partial charge on any atom is 0.123 e. The maximum atomic E-state index is 13.2. The van der Waals surface area contributed by atoms with Gasteiger partial charge in [0.05, 0.1) is 17.4 Å². The van der Waals surface area contributed by atoms with Crippen LogP contribution in [0.4, 0.5) is 15.8 Å². The number of nitrogens with zero attached hydrogens (tertiary/aromatic N) is 1. The maximum absolute atomic E-state index is 13.2. The lowest BCUT2D eigenvalue weighted by Gasteiger charge is -2.48. The summed E-state index contributed by atoms with van der Waals surface area (Å²) in [7, 11) is 0. The topological polar surface area (TPSA) is 15.3 Å². The highest BCUT2D eigenvalue weighted by Crippen LogP contribution is 2.43. The Hall–Kier alpha value is -2.03. The van der Waals surface area contributed by atoms with E-state index in [1.807, 2.05) is 12.1 Å². The van der Waals surface area contributed by atoms with Crippen molar-refractivity contribution in [2.24, 2.45) is 0 Å². The highest BCUT2D eigenvalue weighted by molar-refractivity contribution is 5.73. The van der Waals surface area contributed by atoms with Crippen LogP contribution in [0.2, 0.25) is 0 Å². The number of fused-ring (bicyclic) bond motifs is 3. The normalized spacial score (nSPS) is 24.0. The van der Waals surface area contributed by atoms with Crippen LogP contribution < -0.4 is 10.2 Å². The highest BCUT2D eigenvalue weighted by Gasteiger charge is 2.35. The smallest absolute Gasteiger partial charge is 0.123 e. The number of benzene rings is 2. The second kappa shape index (κ2) is 5.06. The second-order valence-corrected chi connectivity index (χ2v) is 5.96. The van der Waals surface area contributed by atoms with Gasteiger partial charge in [-0.2, -0.15) is 0 Å². The Kier molecular flexibility index (Phi) is 3.06. The van der Waals surface area contributed by atoms with E-state index in [1.54, 1.807) is 12.1 Å². The summed E-state index contributed by atoms with van der Waals surface area (Å²) in [5, 5.41) is 3.54. The molecule has 108 valence electrons. The molecule has 2 aromatic rings. The minimum atomic E-state index is -0.160. The van der Waals surface area contributed by atoms with Crippen LogP contribution in [0.1, 0.15) is 30.9 Å². The van der Waals surface area contributed by atoms with Gasteiger partial charge >= 0.3 is 0 Å². The van der Waals surface area contributed by atoms with Crippen LogP contribution >= 0.6 is 0 Å². The number of anilines is 2. The van der Waals surface area contributed by atoms with Crippen molar-refractivity contribution in [1.82, 2.24) is 0 Å². The largest absolute Gasteiger partial charge is 0.381 e. The van der Waals surface area contributed by atoms with Gasteiger partial charge in [0.15, 0.2) is 0 Å². The molecule has 0 radical (unpaired) electrons. The van der Waals surface area contributed by atoms with E-state index in [9.17, 15) is 4.39 Å². The predicted octanol–water partition coefficient (Wildman–Crippen LogP) is 4.35. The van der Waals surface area contributed by atoms with Crippen LogP contribution in [0.5, 0.6) is 0 Å². The van der Waals surface area contributed by atoms with Crippen LogP contribution in [0.25, 0.3) is 0 Å². The van der Waals surface area contributed by atoms with Crippen LogP contribution in [0, 0.1) is 5.82 Å². The monoisotopic (exact) mass is 282 g/mol. The molecule has 2 aliphatic rings. The lowest BCUT2D eigenvalue weighted by molar-refractivity contribution is 0.391. The van der Waals surface area contributed by atoms with E-state index >= 15 is 0 Å². The first-order valence-corrected chi connectivity index (χ1v) is 7.69. The SMILES string of the molecule is Fc1ccc([C@@H]2CCC[C@@H]3CNc4ccccc4N32)cc1. The summed E-state index contributed by atoms with van der Waals surface area (Å²) in [6.45, 7) is 0.995. The molecule has 2 aliphatic heterocycles. The summed E-state index contributed by atoms with van der Waals surface area (Å²) in [5.74, 6) is -0.160. The number of hydrogen-bond donors (Lipinski definition) is 1. The minimum Gasteiger partial charge on any atom is -0.381 e. The van der Waals surface area contributed by atoms with Crippen molar-refractivity contribution in [2.75, 3.05) is 16.8 Å². The Morgan fingerprint density at radius 2 is 1.81 bits per heavy atom. The molecule has 1 N–H and O–H groups in total. The summed E-state index contributed by atoms with van der Waals surface area (Å²) in [6, 6.07) is 16.4. The van der Waals surface area contributed by atoms with Crippen LogP contribution in [-0.4, -0.2) is 12.6 Å². The van der Waals surface area contributed by atoms with E-state index in [0.717, 1.165) is 13.0 Å². The summed E-state index contributed by atoms with van der Waals surface area (Å²) < 4.78 is 13.2. The van der Waals surface area contributed by atoms with Gasteiger partial charge in [-0.3, -0.25) is 0 Å². The molecule has 4 rings (SSSR count). The molecule has 0 unspecified atom stereocenters. The summed E-state index contributed by atoms with van der Waals surface area (Å²) in [6.07, 6.45) is 3.59. The number of para-hydroxylation sites is 2. The molecule has 2 nitrogen and oxygen atoms in total. The second-order valence-electron chi connectivity index (χ2n) is 5.96. The molecule has 0 bridgehead atoms. The van der Waals surface area contributed by atoms with Gasteiger partial charge in [-0.05, 0) is 49.1 Å². The zero-order valence-corrected chi connectivity index (χ0v) is 11.9. The van der Waals surface area contributed by atoms with Crippen molar-refractivity contribution in [1.29, 1.82) is 0 Å². The zero-order valence-electron chi connectivity index (χ0n) is 11.9.